The fourth-order valence-electron chi connectivity index (χ4n) is 2.53. The molecule has 5 nitrogen and oxygen atoms in total. The molecule has 2 aromatic rings. The predicted molar refractivity (Wildman–Crippen MR) is 96.4 cm³/mol. The minimum atomic E-state index is -0.412. The topological polar surface area (TPSA) is 81.6 Å². The molecule has 2 rings (SSSR count). The Morgan fingerprint density at radius 3 is 2.62 bits per heavy atom. The minimum absolute atomic E-state index is 0.0319. The third-order valence-electron chi connectivity index (χ3n) is 3.84. The lowest BCUT2D eigenvalue weighted by atomic mass is 10.1. The van der Waals surface area contributed by atoms with Gasteiger partial charge in [0.2, 0.25) is 0 Å². The van der Waals surface area contributed by atoms with Gasteiger partial charge in [-0.2, -0.15) is 5.26 Å². The molecule has 0 aliphatic carbocycles. The van der Waals surface area contributed by atoms with Gasteiger partial charge < -0.3 is 10.3 Å². The maximum Gasteiger partial charge on any atom is 0.271 e. The number of nitrogens with zero attached hydrogens (tertiary/aromatic N) is 2. The first-order valence-corrected chi connectivity index (χ1v) is 8.49. The maximum absolute atomic E-state index is 12.2. The van der Waals surface area contributed by atoms with E-state index in [1.807, 2.05) is 18.2 Å². The Labute approximate surface area is 146 Å². The normalized spacial score (nSPS) is 11.8. The predicted octanol–water partition coefficient (Wildman–Crippen LogP) is 3.88. The molecule has 126 valence electrons. The minimum Gasteiger partial charge on any atom is -0.366 e. The lowest BCUT2D eigenvalue weighted by Crippen LogP contribution is -2.24. The molecule has 2 N–H and O–H groups in total. The van der Waals surface area contributed by atoms with Crippen LogP contribution in [0.2, 0.25) is 5.02 Å². The lowest BCUT2D eigenvalue weighted by Gasteiger charge is -2.17. The van der Waals surface area contributed by atoms with Gasteiger partial charge >= 0.3 is 0 Å². The van der Waals surface area contributed by atoms with E-state index in [9.17, 15) is 10.1 Å². The number of benzene rings is 1. The van der Waals surface area contributed by atoms with Crippen LogP contribution in [0, 0.1) is 11.3 Å². The number of anilines is 1. The Kier molecular flexibility index (Phi) is 6.39. The van der Waals surface area contributed by atoms with E-state index >= 15 is 0 Å². The summed E-state index contributed by atoms with van der Waals surface area (Å²) in [6, 6.07) is 9.51. The Hall–Kier alpha value is -2.32. The van der Waals surface area contributed by atoms with Crippen molar-refractivity contribution < 1.29 is 0 Å². The molecule has 1 aromatic carbocycles. The SMILES string of the molecule is CCCC(CC)Nc1nc(Cc2ccc(Cl)cc2)[nH]c(=O)c1C#N. The van der Waals surface area contributed by atoms with Gasteiger partial charge in [-0.15, -0.1) is 0 Å². The van der Waals surface area contributed by atoms with E-state index in [0.717, 1.165) is 24.8 Å². The van der Waals surface area contributed by atoms with Crippen LogP contribution in [0.15, 0.2) is 29.1 Å². The molecule has 1 aromatic heterocycles. The molecular formula is C18H21ClN4O. The number of aromatic amines is 1. The Morgan fingerprint density at radius 2 is 2.04 bits per heavy atom. The van der Waals surface area contributed by atoms with Gasteiger partial charge in [0.15, 0.2) is 11.4 Å². The van der Waals surface area contributed by atoms with Crippen molar-refractivity contribution in [3.8, 4) is 6.07 Å². The molecule has 0 fully saturated rings. The summed E-state index contributed by atoms with van der Waals surface area (Å²) >= 11 is 5.89. The summed E-state index contributed by atoms with van der Waals surface area (Å²) in [6.07, 6.45) is 3.35. The van der Waals surface area contributed by atoms with Crippen LogP contribution in [0.5, 0.6) is 0 Å². The Bertz CT molecular complexity index is 777. The van der Waals surface area contributed by atoms with Crippen LogP contribution in [0.3, 0.4) is 0 Å². The Balaban J connectivity index is 2.32. The molecule has 0 saturated heterocycles. The van der Waals surface area contributed by atoms with E-state index in [1.54, 1.807) is 12.1 Å². The van der Waals surface area contributed by atoms with Crippen LogP contribution in [-0.2, 0) is 6.42 Å². The van der Waals surface area contributed by atoms with Gasteiger partial charge in [-0.25, -0.2) is 4.98 Å². The van der Waals surface area contributed by atoms with E-state index in [-0.39, 0.29) is 11.6 Å². The van der Waals surface area contributed by atoms with Gasteiger partial charge in [0, 0.05) is 17.5 Å². The summed E-state index contributed by atoms with van der Waals surface area (Å²) < 4.78 is 0. The zero-order valence-corrected chi connectivity index (χ0v) is 14.7. The van der Waals surface area contributed by atoms with Gasteiger partial charge in [-0.05, 0) is 30.5 Å². The van der Waals surface area contributed by atoms with Crippen molar-refractivity contribution in [3.63, 3.8) is 0 Å². The zero-order chi connectivity index (χ0) is 17.5. The average molecular weight is 345 g/mol. The maximum atomic E-state index is 12.2. The van der Waals surface area contributed by atoms with Crippen LogP contribution in [-0.4, -0.2) is 16.0 Å². The second-order valence-electron chi connectivity index (χ2n) is 5.69. The molecule has 0 spiro atoms. The van der Waals surface area contributed by atoms with Crippen molar-refractivity contribution >= 4 is 17.4 Å². The second kappa shape index (κ2) is 8.51. The van der Waals surface area contributed by atoms with Gasteiger partial charge in [0.05, 0.1) is 0 Å². The highest BCUT2D eigenvalue weighted by atomic mass is 35.5. The van der Waals surface area contributed by atoms with Gasteiger partial charge in [-0.3, -0.25) is 4.79 Å². The number of hydrogen-bond acceptors (Lipinski definition) is 4. The molecule has 0 aliphatic rings. The lowest BCUT2D eigenvalue weighted by molar-refractivity contribution is 0.619. The number of nitrogens with one attached hydrogen (secondary N) is 2. The van der Waals surface area contributed by atoms with Crippen molar-refractivity contribution in [3.05, 3.63) is 56.6 Å². The quantitative estimate of drug-likeness (QED) is 0.798. The van der Waals surface area contributed by atoms with Crippen molar-refractivity contribution in [2.24, 2.45) is 0 Å². The van der Waals surface area contributed by atoms with E-state index in [2.05, 4.69) is 29.1 Å². The number of rotatable bonds is 7. The molecule has 0 saturated carbocycles. The van der Waals surface area contributed by atoms with E-state index in [0.29, 0.717) is 23.1 Å². The molecule has 1 unspecified atom stereocenters. The molecule has 24 heavy (non-hydrogen) atoms. The van der Waals surface area contributed by atoms with Crippen LogP contribution >= 0.6 is 11.6 Å². The second-order valence-corrected chi connectivity index (χ2v) is 6.13. The molecular weight excluding hydrogens is 324 g/mol. The first-order valence-electron chi connectivity index (χ1n) is 8.11. The molecule has 0 amide bonds. The van der Waals surface area contributed by atoms with Gasteiger partial charge in [-0.1, -0.05) is 44.0 Å². The number of H-pyrrole nitrogens is 1. The smallest absolute Gasteiger partial charge is 0.271 e. The number of aromatic nitrogens is 2. The number of nitriles is 1. The summed E-state index contributed by atoms with van der Waals surface area (Å²) in [5.74, 6) is 0.890. The zero-order valence-electron chi connectivity index (χ0n) is 13.9. The third-order valence-corrected chi connectivity index (χ3v) is 4.09. The summed E-state index contributed by atoms with van der Waals surface area (Å²) in [4.78, 5) is 19.3. The van der Waals surface area contributed by atoms with Gasteiger partial charge in [0.1, 0.15) is 11.9 Å². The van der Waals surface area contributed by atoms with Crippen molar-refractivity contribution in [2.75, 3.05) is 5.32 Å². The standard InChI is InChI=1S/C18H21ClN4O/c1-3-5-14(4-2)21-17-15(11-20)18(24)23-16(22-17)10-12-6-8-13(19)9-7-12/h6-9,14H,3-5,10H2,1-2H3,(H2,21,22,23,24). The molecule has 0 bridgehead atoms. The highest BCUT2D eigenvalue weighted by Crippen LogP contribution is 2.15. The number of hydrogen-bond donors (Lipinski definition) is 2. The largest absolute Gasteiger partial charge is 0.366 e. The average Bonchev–Trinajstić information content (AvgIpc) is 2.56. The summed E-state index contributed by atoms with van der Waals surface area (Å²) in [7, 11) is 0. The fourth-order valence-corrected chi connectivity index (χ4v) is 2.65. The Morgan fingerprint density at radius 1 is 1.33 bits per heavy atom. The summed E-state index contributed by atoms with van der Waals surface area (Å²) in [5.41, 5.74) is 0.605. The highest BCUT2D eigenvalue weighted by Gasteiger charge is 2.14. The van der Waals surface area contributed by atoms with E-state index in [4.69, 9.17) is 11.6 Å². The van der Waals surface area contributed by atoms with Gasteiger partial charge in [0.25, 0.3) is 5.56 Å². The highest BCUT2D eigenvalue weighted by molar-refractivity contribution is 6.30. The monoisotopic (exact) mass is 344 g/mol. The molecule has 1 atom stereocenters. The van der Waals surface area contributed by atoms with E-state index < -0.39 is 5.56 Å². The third kappa shape index (κ3) is 4.59. The van der Waals surface area contributed by atoms with Crippen LogP contribution in [0.4, 0.5) is 5.82 Å². The first-order chi connectivity index (χ1) is 11.6. The van der Waals surface area contributed by atoms with Crippen molar-refractivity contribution in [1.29, 1.82) is 5.26 Å². The van der Waals surface area contributed by atoms with E-state index in [1.165, 1.54) is 0 Å². The van der Waals surface area contributed by atoms with Crippen molar-refractivity contribution in [1.82, 2.24) is 9.97 Å². The molecule has 0 aliphatic heterocycles. The molecule has 1 heterocycles. The first kappa shape index (κ1) is 18.0. The van der Waals surface area contributed by atoms with Crippen LogP contribution in [0.1, 0.15) is 50.1 Å². The van der Waals surface area contributed by atoms with Crippen molar-refractivity contribution in [2.45, 2.75) is 45.6 Å². The number of halogens is 1. The summed E-state index contributed by atoms with van der Waals surface area (Å²) in [5, 5.41) is 13.2. The fraction of sp³-hybridized carbons (Fsp3) is 0.389. The molecule has 0 radical (unpaired) electrons. The van der Waals surface area contributed by atoms with Crippen LogP contribution < -0.4 is 10.9 Å². The van der Waals surface area contributed by atoms with Crippen LogP contribution in [0.25, 0.3) is 0 Å². The summed E-state index contributed by atoms with van der Waals surface area (Å²) in [6.45, 7) is 4.17. The molecule has 6 heteroatoms.